The first-order chi connectivity index (χ1) is 12.5. The lowest BCUT2D eigenvalue weighted by Gasteiger charge is -2.13. The topological polar surface area (TPSA) is 72.4 Å². The van der Waals surface area contributed by atoms with Gasteiger partial charge in [0.1, 0.15) is 0 Å². The third kappa shape index (κ3) is 4.24. The van der Waals surface area contributed by atoms with Crippen molar-refractivity contribution in [3.8, 4) is 17.2 Å². The highest BCUT2D eigenvalue weighted by molar-refractivity contribution is 5.95. The predicted octanol–water partition coefficient (Wildman–Crippen LogP) is 2.54. The minimum absolute atomic E-state index is 0.300. The van der Waals surface area contributed by atoms with E-state index in [1.807, 2.05) is 31.1 Å². The van der Waals surface area contributed by atoms with Gasteiger partial charge in [-0.25, -0.2) is 5.43 Å². The first kappa shape index (κ1) is 19.1. The van der Waals surface area contributed by atoms with Gasteiger partial charge in [0.05, 0.1) is 27.5 Å². The first-order valence-electron chi connectivity index (χ1n) is 7.91. The number of amides is 1. The van der Waals surface area contributed by atoms with Crippen LogP contribution in [0.2, 0.25) is 0 Å². The van der Waals surface area contributed by atoms with E-state index in [1.54, 1.807) is 31.4 Å². The van der Waals surface area contributed by atoms with Crippen molar-refractivity contribution in [3.05, 3.63) is 47.5 Å². The van der Waals surface area contributed by atoms with Gasteiger partial charge in [-0.1, -0.05) is 0 Å². The fourth-order valence-electron chi connectivity index (χ4n) is 2.36. The Bertz CT molecular complexity index is 786. The van der Waals surface area contributed by atoms with Crippen LogP contribution >= 0.6 is 0 Å². The largest absolute Gasteiger partial charge is 0.493 e. The average Bonchev–Trinajstić information content (AvgIpc) is 2.67. The molecule has 7 nitrogen and oxygen atoms in total. The quantitative estimate of drug-likeness (QED) is 0.609. The molecule has 0 aromatic heterocycles. The number of benzene rings is 2. The fourth-order valence-corrected chi connectivity index (χ4v) is 2.36. The zero-order chi connectivity index (χ0) is 19.1. The molecule has 1 amide bonds. The van der Waals surface area contributed by atoms with Gasteiger partial charge in [-0.2, -0.15) is 5.10 Å². The smallest absolute Gasteiger partial charge is 0.271 e. The van der Waals surface area contributed by atoms with Crippen LogP contribution in [0.25, 0.3) is 0 Å². The number of carbonyl (C=O) groups is 1. The number of nitrogens with one attached hydrogen (secondary N) is 1. The molecule has 0 spiro atoms. The highest BCUT2D eigenvalue weighted by Gasteiger charge is 2.14. The van der Waals surface area contributed by atoms with Crippen molar-refractivity contribution < 1.29 is 19.0 Å². The average molecular weight is 357 g/mol. The van der Waals surface area contributed by atoms with Crippen molar-refractivity contribution in [3.63, 3.8) is 0 Å². The minimum Gasteiger partial charge on any atom is -0.493 e. The lowest BCUT2D eigenvalue weighted by Crippen LogP contribution is -2.18. The molecular weight excluding hydrogens is 334 g/mol. The van der Waals surface area contributed by atoms with Gasteiger partial charge in [-0.15, -0.1) is 0 Å². The number of hydrogen-bond donors (Lipinski definition) is 1. The summed E-state index contributed by atoms with van der Waals surface area (Å²) in [7, 11) is 8.48. The maximum absolute atomic E-state index is 12.2. The molecular formula is C19H23N3O4. The molecule has 0 aliphatic carbocycles. The number of anilines is 1. The van der Waals surface area contributed by atoms with Gasteiger partial charge in [0.2, 0.25) is 5.75 Å². The number of carbonyl (C=O) groups excluding carboxylic acids is 1. The Labute approximate surface area is 153 Å². The van der Waals surface area contributed by atoms with E-state index in [1.165, 1.54) is 20.4 Å². The molecule has 26 heavy (non-hydrogen) atoms. The normalized spacial score (nSPS) is 10.5. The Morgan fingerprint density at radius 2 is 1.62 bits per heavy atom. The van der Waals surface area contributed by atoms with Gasteiger partial charge in [-0.05, 0) is 36.4 Å². The fraction of sp³-hybridized carbons (Fsp3) is 0.263. The minimum atomic E-state index is -0.300. The van der Waals surface area contributed by atoms with Crippen molar-refractivity contribution in [1.82, 2.24) is 5.43 Å². The van der Waals surface area contributed by atoms with Crippen LogP contribution in [0.15, 0.2) is 41.5 Å². The van der Waals surface area contributed by atoms with Crippen molar-refractivity contribution in [2.24, 2.45) is 5.10 Å². The van der Waals surface area contributed by atoms with E-state index < -0.39 is 0 Å². The Hall–Kier alpha value is -3.22. The third-order valence-electron chi connectivity index (χ3n) is 3.75. The van der Waals surface area contributed by atoms with Crippen molar-refractivity contribution in [2.75, 3.05) is 40.3 Å². The van der Waals surface area contributed by atoms with Crippen LogP contribution in [0.3, 0.4) is 0 Å². The Morgan fingerprint density at radius 1 is 0.962 bits per heavy atom. The Kier molecular flexibility index (Phi) is 6.43. The van der Waals surface area contributed by atoms with Gasteiger partial charge >= 0.3 is 0 Å². The van der Waals surface area contributed by atoms with E-state index in [4.69, 9.17) is 14.2 Å². The molecule has 0 fully saturated rings. The van der Waals surface area contributed by atoms with E-state index in [2.05, 4.69) is 10.5 Å². The van der Waals surface area contributed by atoms with E-state index in [0.29, 0.717) is 28.4 Å². The number of methoxy groups -OCH3 is 3. The Balaban J connectivity index is 2.13. The highest BCUT2D eigenvalue weighted by Crippen LogP contribution is 2.38. The van der Waals surface area contributed by atoms with Gasteiger partial charge in [0.25, 0.3) is 5.91 Å². The van der Waals surface area contributed by atoms with Crippen molar-refractivity contribution >= 4 is 17.8 Å². The van der Waals surface area contributed by atoms with Gasteiger partial charge < -0.3 is 19.1 Å². The molecule has 0 aliphatic rings. The summed E-state index contributed by atoms with van der Waals surface area (Å²) in [6.45, 7) is 0. The lowest BCUT2D eigenvalue weighted by atomic mass is 10.2. The van der Waals surface area contributed by atoms with Gasteiger partial charge in [0.15, 0.2) is 11.5 Å². The molecule has 0 bridgehead atoms. The summed E-state index contributed by atoms with van der Waals surface area (Å²) in [6.07, 6.45) is 1.49. The number of nitrogens with zero attached hydrogens (tertiary/aromatic N) is 2. The van der Waals surface area contributed by atoms with Crippen LogP contribution in [-0.2, 0) is 0 Å². The van der Waals surface area contributed by atoms with Crippen LogP contribution in [0, 0.1) is 0 Å². The summed E-state index contributed by atoms with van der Waals surface area (Å²) in [4.78, 5) is 14.1. The monoisotopic (exact) mass is 357 g/mol. The number of hydrogen-bond acceptors (Lipinski definition) is 6. The summed E-state index contributed by atoms with van der Waals surface area (Å²) < 4.78 is 15.9. The molecule has 0 saturated heterocycles. The van der Waals surface area contributed by atoms with Gasteiger partial charge in [-0.3, -0.25) is 4.79 Å². The molecule has 0 heterocycles. The molecule has 0 saturated carbocycles. The zero-order valence-electron chi connectivity index (χ0n) is 15.6. The second-order valence-corrected chi connectivity index (χ2v) is 5.56. The Morgan fingerprint density at radius 3 is 2.15 bits per heavy atom. The van der Waals surface area contributed by atoms with Crippen molar-refractivity contribution in [2.45, 2.75) is 0 Å². The molecule has 0 radical (unpaired) electrons. The first-order valence-corrected chi connectivity index (χ1v) is 7.91. The van der Waals surface area contributed by atoms with Crippen LogP contribution < -0.4 is 24.5 Å². The summed E-state index contributed by atoms with van der Waals surface area (Å²) in [5.41, 5.74) is 4.68. The van der Waals surface area contributed by atoms with Crippen LogP contribution in [-0.4, -0.2) is 47.5 Å². The third-order valence-corrected chi connectivity index (χ3v) is 3.75. The molecule has 2 aromatic rings. The molecule has 138 valence electrons. The second-order valence-electron chi connectivity index (χ2n) is 5.56. The molecule has 1 N–H and O–H groups in total. The zero-order valence-corrected chi connectivity index (χ0v) is 15.6. The molecule has 2 rings (SSSR count). The van der Waals surface area contributed by atoms with Crippen LogP contribution in [0.4, 0.5) is 5.69 Å². The van der Waals surface area contributed by atoms with E-state index in [0.717, 1.165) is 5.69 Å². The number of rotatable bonds is 7. The van der Waals surface area contributed by atoms with Crippen LogP contribution in [0.1, 0.15) is 15.9 Å². The SMILES string of the molecule is COc1ccc(C=NNC(=O)c2ccc(N(C)C)cc2)c(OC)c1OC. The second kappa shape index (κ2) is 8.75. The molecule has 2 aromatic carbocycles. The molecule has 0 aliphatic heterocycles. The summed E-state index contributed by atoms with van der Waals surface area (Å²) in [6, 6.07) is 10.7. The number of ether oxygens (including phenoxy) is 3. The summed E-state index contributed by atoms with van der Waals surface area (Å²) >= 11 is 0. The van der Waals surface area contributed by atoms with Crippen molar-refractivity contribution in [1.29, 1.82) is 0 Å². The van der Waals surface area contributed by atoms with E-state index >= 15 is 0 Å². The predicted molar refractivity (Wildman–Crippen MR) is 102 cm³/mol. The maximum atomic E-state index is 12.2. The van der Waals surface area contributed by atoms with Gasteiger partial charge in [0, 0.05) is 30.9 Å². The molecule has 7 heteroatoms. The number of hydrazone groups is 1. The summed E-state index contributed by atoms with van der Waals surface area (Å²) in [5.74, 6) is 1.18. The maximum Gasteiger partial charge on any atom is 0.271 e. The van der Waals surface area contributed by atoms with Crippen LogP contribution in [0.5, 0.6) is 17.2 Å². The molecule has 0 atom stereocenters. The lowest BCUT2D eigenvalue weighted by molar-refractivity contribution is 0.0955. The molecule has 0 unspecified atom stereocenters. The van der Waals surface area contributed by atoms with E-state index in [9.17, 15) is 4.79 Å². The highest BCUT2D eigenvalue weighted by atomic mass is 16.5. The summed E-state index contributed by atoms with van der Waals surface area (Å²) in [5, 5.41) is 4.00. The standard InChI is InChI=1S/C19H23N3O4/c1-22(2)15-9-6-13(7-10-15)19(23)21-20-12-14-8-11-16(24-3)18(26-5)17(14)25-4/h6-12H,1-5H3,(H,21,23). The van der Waals surface area contributed by atoms with E-state index in [-0.39, 0.29) is 5.91 Å².